The Labute approximate surface area is 166 Å². The summed E-state index contributed by atoms with van der Waals surface area (Å²) in [7, 11) is 1.50. The Morgan fingerprint density at radius 1 is 1.28 bits per heavy atom. The molecule has 0 aliphatic rings. The molecule has 0 amide bonds. The predicted molar refractivity (Wildman–Crippen MR) is 101 cm³/mol. The van der Waals surface area contributed by atoms with Crippen molar-refractivity contribution in [2.75, 3.05) is 32.2 Å². The SMILES string of the molecule is COc1ccc(Cn2ncc(N[C@@H](C)COCCCO)c(C(F)(F)F)c2=O)cc1. The molecular formula is C19H24F3N3O4. The van der Waals surface area contributed by atoms with Crippen LogP contribution < -0.4 is 15.6 Å². The number of hydrogen-bond acceptors (Lipinski definition) is 6. The van der Waals surface area contributed by atoms with E-state index in [1.165, 1.54) is 7.11 Å². The minimum absolute atomic E-state index is 0.0314. The number of hydrogen-bond donors (Lipinski definition) is 2. The second-order valence-electron chi connectivity index (χ2n) is 6.44. The van der Waals surface area contributed by atoms with Crippen LogP contribution >= 0.6 is 0 Å². The highest BCUT2D eigenvalue weighted by atomic mass is 19.4. The van der Waals surface area contributed by atoms with Crippen LogP contribution in [0.3, 0.4) is 0 Å². The molecule has 0 fully saturated rings. The van der Waals surface area contributed by atoms with E-state index in [1.807, 2.05) is 0 Å². The van der Waals surface area contributed by atoms with Crippen LogP contribution in [0.1, 0.15) is 24.5 Å². The highest BCUT2D eigenvalue weighted by Gasteiger charge is 2.38. The Morgan fingerprint density at radius 2 is 1.97 bits per heavy atom. The van der Waals surface area contributed by atoms with Gasteiger partial charge in [0.2, 0.25) is 0 Å². The molecule has 29 heavy (non-hydrogen) atoms. The minimum atomic E-state index is -4.85. The molecule has 0 bridgehead atoms. The fourth-order valence-electron chi connectivity index (χ4n) is 2.62. The summed E-state index contributed by atoms with van der Waals surface area (Å²) < 4.78 is 51.8. The Hall–Kier alpha value is -2.59. The van der Waals surface area contributed by atoms with Crippen molar-refractivity contribution >= 4 is 5.69 Å². The first-order valence-electron chi connectivity index (χ1n) is 9.01. The van der Waals surface area contributed by atoms with Gasteiger partial charge in [0.1, 0.15) is 11.3 Å². The minimum Gasteiger partial charge on any atom is -0.497 e. The van der Waals surface area contributed by atoms with Gasteiger partial charge in [0.15, 0.2) is 0 Å². The number of aliphatic hydroxyl groups is 1. The number of aromatic nitrogens is 2. The molecule has 2 N–H and O–H groups in total. The van der Waals surface area contributed by atoms with Gasteiger partial charge in [-0.05, 0) is 31.0 Å². The van der Waals surface area contributed by atoms with E-state index in [0.29, 0.717) is 17.7 Å². The van der Waals surface area contributed by atoms with Gasteiger partial charge in [-0.15, -0.1) is 0 Å². The maximum atomic E-state index is 13.6. The molecule has 0 radical (unpaired) electrons. The molecule has 0 saturated heterocycles. The molecule has 0 aliphatic carbocycles. The van der Waals surface area contributed by atoms with E-state index in [-0.39, 0.29) is 26.4 Å². The smallest absolute Gasteiger partial charge is 0.423 e. The van der Waals surface area contributed by atoms with Gasteiger partial charge in [-0.3, -0.25) is 4.79 Å². The van der Waals surface area contributed by atoms with Crippen LogP contribution in [0.4, 0.5) is 18.9 Å². The van der Waals surface area contributed by atoms with Crippen molar-refractivity contribution in [2.24, 2.45) is 0 Å². The van der Waals surface area contributed by atoms with E-state index in [1.54, 1.807) is 31.2 Å². The second kappa shape index (κ2) is 10.3. The molecule has 0 unspecified atom stereocenters. The molecule has 160 valence electrons. The molecule has 2 aromatic rings. The number of anilines is 1. The van der Waals surface area contributed by atoms with E-state index in [2.05, 4.69) is 10.4 Å². The fraction of sp³-hybridized carbons (Fsp3) is 0.474. The summed E-state index contributed by atoms with van der Waals surface area (Å²) in [4.78, 5) is 12.5. The molecule has 1 aromatic heterocycles. The Morgan fingerprint density at radius 3 is 2.55 bits per heavy atom. The lowest BCUT2D eigenvalue weighted by Gasteiger charge is -2.19. The number of methoxy groups -OCH3 is 1. The van der Waals surface area contributed by atoms with Crippen LogP contribution in [-0.2, 0) is 17.5 Å². The van der Waals surface area contributed by atoms with E-state index in [0.717, 1.165) is 10.9 Å². The van der Waals surface area contributed by atoms with Crippen molar-refractivity contribution in [3.63, 3.8) is 0 Å². The van der Waals surface area contributed by atoms with Crippen molar-refractivity contribution < 1.29 is 27.8 Å². The lowest BCUT2D eigenvalue weighted by molar-refractivity contribution is -0.138. The summed E-state index contributed by atoms with van der Waals surface area (Å²) in [6, 6.07) is 6.11. The molecule has 7 nitrogen and oxygen atoms in total. The zero-order valence-electron chi connectivity index (χ0n) is 16.2. The van der Waals surface area contributed by atoms with Crippen LogP contribution in [0.5, 0.6) is 5.75 Å². The van der Waals surface area contributed by atoms with Gasteiger partial charge in [-0.1, -0.05) is 12.1 Å². The van der Waals surface area contributed by atoms with Crippen LogP contribution in [0, 0.1) is 0 Å². The summed E-state index contributed by atoms with van der Waals surface area (Å²) >= 11 is 0. The normalized spacial score (nSPS) is 12.6. The van der Waals surface area contributed by atoms with Crippen molar-refractivity contribution in [1.82, 2.24) is 9.78 Å². The van der Waals surface area contributed by atoms with Crippen molar-refractivity contribution in [1.29, 1.82) is 0 Å². The van der Waals surface area contributed by atoms with Gasteiger partial charge < -0.3 is 19.9 Å². The highest BCUT2D eigenvalue weighted by Crippen LogP contribution is 2.32. The zero-order valence-corrected chi connectivity index (χ0v) is 16.2. The van der Waals surface area contributed by atoms with Crippen molar-refractivity contribution in [3.05, 3.63) is 51.9 Å². The first kappa shape index (κ1) is 22.7. The van der Waals surface area contributed by atoms with Crippen molar-refractivity contribution in [2.45, 2.75) is 32.1 Å². The van der Waals surface area contributed by atoms with Gasteiger partial charge >= 0.3 is 6.18 Å². The maximum Gasteiger partial charge on any atom is 0.423 e. The number of benzene rings is 1. The average molecular weight is 415 g/mol. The topological polar surface area (TPSA) is 85.6 Å². The second-order valence-corrected chi connectivity index (χ2v) is 6.44. The quantitative estimate of drug-likeness (QED) is 0.580. The number of nitrogens with one attached hydrogen (secondary N) is 1. The molecule has 2 rings (SSSR count). The molecule has 1 aromatic carbocycles. The molecule has 0 aliphatic heterocycles. The number of rotatable bonds is 10. The first-order chi connectivity index (χ1) is 13.8. The Balaban J connectivity index is 2.23. The third-order valence-electron chi connectivity index (χ3n) is 4.04. The van der Waals surface area contributed by atoms with Crippen LogP contribution in [-0.4, -0.2) is 47.9 Å². The molecule has 1 atom stereocenters. The maximum absolute atomic E-state index is 13.6. The Bertz CT molecular complexity index is 838. The molecule has 0 spiro atoms. The van der Waals surface area contributed by atoms with Gasteiger partial charge in [-0.25, -0.2) is 4.68 Å². The van der Waals surface area contributed by atoms with Crippen LogP contribution in [0.15, 0.2) is 35.3 Å². The van der Waals surface area contributed by atoms with E-state index >= 15 is 0 Å². The summed E-state index contributed by atoms with van der Waals surface area (Å²) in [5.41, 5.74) is -2.32. The number of aliphatic hydroxyl groups excluding tert-OH is 1. The van der Waals surface area contributed by atoms with E-state index in [9.17, 15) is 18.0 Å². The number of nitrogens with zero attached hydrogens (tertiary/aromatic N) is 2. The average Bonchev–Trinajstić information content (AvgIpc) is 2.67. The van der Waals surface area contributed by atoms with Crippen molar-refractivity contribution in [3.8, 4) is 5.75 Å². The van der Waals surface area contributed by atoms with Gasteiger partial charge in [0.25, 0.3) is 5.56 Å². The third-order valence-corrected chi connectivity index (χ3v) is 4.04. The van der Waals surface area contributed by atoms with Crippen LogP contribution in [0.2, 0.25) is 0 Å². The summed E-state index contributed by atoms with van der Waals surface area (Å²) in [5.74, 6) is 0.597. The third kappa shape index (κ3) is 6.47. The van der Waals surface area contributed by atoms with Gasteiger partial charge in [-0.2, -0.15) is 18.3 Å². The summed E-state index contributed by atoms with van der Waals surface area (Å²) in [6.07, 6.45) is -3.41. The lowest BCUT2D eigenvalue weighted by Crippen LogP contribution is -2.34. The van der Waals surface area contributed by atoms with Gasteiger partial charge in [0.05, 0.1) is 32.1 Å². The van der Waals surface area contributed by atoms with Gasteiger partial charge in [0, 0.05) is 19.3 Å². The summed E-state index contributed by atoms with van der Waals surface area (Å²) in [6.45, 7) is 1.90. The van der Waals surface area contributed by atoms with Crippen LogP contribution in [0.25, 0.3) is 0 Å². The van der Waals surface area contributed by atoms with E-state index in [4.69, 9.17) is 14.6 Å². The first-order valence-corrected chi connectivity index (χ1v) is 9.01. The molecule has 10 heteroatoms. The summed E-state index contributed by atoms with van der Waals surface area (Å²) in [5, 5.41) is 15.2. The number of halogens is 3. The fourth-order valence-corrected chi connectivity index (χ4v) is 2.62. The van der Waals surface area contributed by atoms with E-state index < -0.39 is 29.0 Å². The monoisotopic (exact) mass is 415 g/mol. The molecule has 0 saturated carbocycles. The predicted octanol–water partition coefficient (Wildman–Crippen LogP) is 2.52. The standard InChI is InChI=1S/C19H24F3N3O4/c1-13(12-29-9-3-8-26)24-16-10-23-25(18(27)17(16)19(20,21)22)11-14-4-6-15(28-2)7-5-14/h4-7,10,13,24,26H,3,8-9,11-12H2,1-2H3/t13-/m0/s1. The number of alkyl halides is 3. The molecule has 1 heterocycles. The largest absolute Gasteiger partial charge is 0.497 e. The Kier molecular flexibility index (Phi) is 8.03. The number of ether oxygens (including phenoxy) is 2. The zero-order chi connectivity index (χ0) is 21.4. The lowest BCUT2D eigenvalue weighted by atomic mass is 10.2. The highest BCUT2D eigenvalue weighted by molar-refractivity contribution is 5.50. The molecular weight excluding hydrogens is 391 g/mol.